The number of hydrogen-bond donors (Lipinski definition) is 3. The van der Waals surface area contributed by atoms with Gasteiger partial charge in [0.2, 0.25) is 5.91 Å². The third-order valence-corrected chi connectivity index (χ3v) is 1.82. The van der Waals surface area contributed by atoms with Crippen molar-refractivity contribution in [3.8, 4) is 0 Å². The van der Waals surface area contributed by atoms with Gasteiger partial charge in [0.05, 0.1) is 5.69 Å². The normalized spacial score (nSPS) is 9.56. The molecule has 0 bridgehead atoms. The Morgan fingerprint density at radius 1 is 1.44 bits per heavy atom. The van der Waals surface area contributed by atoms with Gasteiger partial charge in [-0.3, -0.25) is 4.79 Å². The molecule has 6 heteroatoms. The van der Waals surface area contributed by atoms with Gasteiger partial charge < -0.3 is 15.7 Å². The zero-order valence-corrected chi connectivity index (χ0v) is 8.86. The van der Waals surface area contributed by atoms with Crippen molar-refractivity contribution in [2.75, 3.05) is 18.4 Å². The molecule has 0 aliphatic carbocycles. The van der Waals surface area contributed by atoms with E-state index in [1.54, 1.807) is 12.1 Å². The lowest BCUT2D eigenvalue weighted by Gasteiger charge is -2.08. The molecule has 0 fully saturated rings. The average Bonchev–Trinajstić information content (AvgIpc) is 2.24. The van der Waals surface area contributed by atoms with Crippen LogP contribution in [0, 0.1) is 0 Å². The molecule has 0 saturated carbocycles. The van der Waals surface area contributed by atoms with Crippen LogP contribution in [0.15, 0.2) is 18.3 Å². The van der Waals surface area contributed by atoms with Crippen LogP contribution in [0.5, 0.6) is 0 Å². The lowest BCUT2D eigenvalue weighted by atomic mass is 10.3. The Morgan fingerprint density at radius 3 is 2.81 bits per heavy atom. The summed E-state index contributed by atoms with van der Waals surface area (Å²) in [6.07, 6.45) is 1.42. The Kier molecular flexibility index (Phi) is 4.26. The first-order chi connectivity index (χ1) is 7.61. The molecule has 0 aliphatic heterocycles. The number of carbonyl (C=O) groups excluding carboxylic acids is 1. The molecule has 0 unspecified atom stereocenters. The Balaban J connectivity index is 2.53. The third-order valence-electron chi connectivity index (χ3n) is 1.82. The molecule has 0 saturated heterocycles. The molecule has 0 aliphatic rings. The molecule has 16 heavy (non-hydrogen) atoms. The van der Waals surface area contributed by atoms with Crippen molar-refractivity contribution < 1.29 is 14.7 Å². The van der Waals surface area contributed by atoms with Crippen molar-refractivity contribution >= 4 is 17.6 Å². The van der Waals surface area contributed by atoms with Crippen LogP contribution >= 0.6 is 0 Å². The quantitative estimate of drug-likeness (QED) is 0.625. The number of aromatic nitrogens is 1. The van der Waals surface area contributed by atoms with Gasteiger partial charge in [-0.25, -0.2) is 9.78 Å². The van der Waals surface area contributed by atoms with E-state index in [1.807, 2.05) is 0 Å². The molecule has 1 aromatic heterocycles. The molecule has 6 nitrogen and oxygen atoms in total. The summed E-state index contributed by atoms with van der Waals surface area (Å²) in [5.41, 5.74) is 0.422. The van der Waals surface area contributed by atoms with Gasteiger partial charge in [0.15, 0.2) is 5.69 Å². The van der Waals surface area contributed by atoms with Gasteiger partial charge in [0.25, 0.3) is 0 Å². The molecular formula is C10H13N3O3. The van der Waals surface area contributed by atoms with E-state index in [9.17, 15) is 9.59 Å². The van der Waals surface area contributed by atoms with Gasteiger partial charge in [-0.05, 0) is 12.1 Å². The Bertz CT molecular complexity index is 393. The van der Waals surface area contributed by atoms with Crippen molar-refractivity contribution in [1.82, 2.24) is 10.3 Å². The first-order valence-electron chi connectivity index (χ1n) is 4.78. The molecule has 0 atom stereocenters. The molecule has 0 aromatic carbocycles. The highest BCUT2D eigenvalue weighted by Gasteiger charge is 2.09. The number of nitrogens with one attached hydrogen (secondary N) is 2. The van der Waals surface area contributed by atoms with E-state index >= 15 is 0 Å². The van der Waals surface area contributed by atoms with Gasteiger partial charge in [0.1, 0.15) is 0 Å². The van der Waals surface area contributed by atoms with Crippen LogP contribution in [0.3, 0.4) is 0 Å². The smallest absolute Gasteiger partial charge is 0.356 e. The second-order valence-electron chi connectivity index (χ2n) is 3.11. The molecule has 1 amide bonds. The van der Waals surface area contributed by atoms with Crippen LogP contribution in [0.2, 0.25) is 0 Å². The summed E-state index contributed by atoms with van der Waals surface area (Å²) < 4.78 is 0. The molecule has 1 aromatic rings. The zero-order valence-electron chi connectivity index (χ0n) is 8.86. The maximum absolute atomic E-state index is 10.8. The van der Waals surface area contributed by atoms with E-state index in [0.717, 1.165) is 0 Å². The Labute approximate surface area is 92.7 Å². The molecular weight excluding hydrogens is 210 g/mol. The number of carboxylic acids is 1. The molecule has 0 radical (unpaired) electrons. The topological polar surface area (TPSA) is 91.3 Å². The van der Waals surface area contributed by atoms with E-state index in [-0.39, 0.29) is 11.6 Å². The highest BCUT2D eigenvalue weighted by molar-refractivity contribution is 5.91. The second-order valence-corrected chi connectivity index (χ2v) is 3.11. The molecule has 86 valence electrons. The maximum Gasteiger partial charge on any atom is 0.356 e. The van der Waals surface area contributed by atoms with Crippen LogP contribution in [0.25, 0.3) is 0 Å². The number of nitrogens with zero attached hydrogens (tertiary/aromatic N) is 1. The minimum absolute atomic E-state index is 0.0228. The number of amides is 1. The predicted octanol–water partition coefficient (Wildman–Crippen LogP) is 0.328. The summed E-state index contributed by atoms with van der Waals surface area (Å²) in [5.74, 6) is -1.20. The Hall–Kier alpha value is -2.11. The minimum Gasteiger partial charge on any atom is -0.476 e. The van der Waals surface area contributed by atoms with Gasteiger partial charge in [-0.2, -0.15) is 0 Å². The number of rotatable bonds is 5. The van der Waals surface area contributed by atoms with E-state index in [4.69, 9.17) is 5.11 Å². The monoisotopic (exact) mass is 223 g/mol. The lowest BCUT2D eigenvalue weighted by molar-refractivity contribution is -0.118. The predicted molar refractivity (Wildman–Crippen MR) is 58.4 cm³/mol. The number of aromatic carboxylic acids is 1. The van der Waals surface area contributed by atoms with Crippen LogP contribution in [0.1, 0.15) is 17.4 Å². The van der Waals surface area contributed by atoms with Gasteiger partial charge >= 0.3 is 5.97 Å². The number of hydrogen-bond acceptors (Lipinski definition) is 4. The summed E-state index contributed by atoms with van der Waals surface area (Å²) in [7, 11) is 0. The van der Waals surface area contributed by atoms with E-state index in [2.05, 4.69) is 15.6 Å². The van der Waals surface area contributed by atoms with Crippen molar-refractivity contribution in [3.05, 3.63) is 24.0 Å². The minimum atomic E-state index is -1.08. The maximum atomic E-state index is 10.8. The number of carbonyl (C=O) groups is 2. The molecule has 3 N–H and O–H groups in total. The standard InChI is InChI=1S/C10H13N3O3/c1-7(14)11-5-6-12-8-3-2-4-13-9(8)10(15)16/h2-4,12H,5-6H2,1H3,(H,11,14)(H,15,16). The van der Waals surface area contributed by atoms with E-state index in [0.29, 0.717) is 18.8 Å². The number of pyridine rings is 1. The Morgan fingerprint density at radius 2 is 2.19 bits per heavy atom. The average molecular weight is 223 g/mol. The highest BCUT2D eigenvalue weighted by atomic mass is 16.4. The zero-order chi connectivity index (χ0) is 12.0. The van der Waals surface area contributed by atoms with Crippen LogP contribution < -0.4 is 10.6 Å². The third kappa shape index (κ3) is 3.56. The molecule has 1 heterocycles. The van der Waals surface area contributed by atoms with Gasteiger partial charge in [-0.15, -0.1) is 0 Å². The van der Waals surface area contributed by atoms with Crippen molar-refractivity contribution in [1.29, 1.82) is 0 Å². The van der Waals surface area contributed by atoms with Crippen molar-refractivity contribution in [2.45, 2.75) is 6.92 Å². The van der Waals surface area contributed by atoms with Crippen LogP contribution in [-0.2, 0) is 4.79 Å². The summed E-state index contributed by atoms with van der Waals surface area (Å²) in [5, 5.41) is 14.3. The largest absolute Gasteiger partial charge is 0.476 e. The van der Waals surface area contributed by atoms with Crippen LogP contribution in [0.4, 0.5) is 5.69 Å². The lowest BCUT2D eigenvalue weighted by Crippen LogP contribution is -2.26. The van der Waals surface area contributed by atoms with E-state index < -0.39 is 5.97 Å². The summed E-state index contributed by atoms with van der Waals surface area (Å²) in [6.45, 7) is 2.31. The number of anilines is 1. The summed E-state index contributed by atoms with van der Waals surface area (Å²) in [4.78, 5) is 25.1. The fourth-order valence-electron chi connectivity index (χ4n) is 1.15. The number of carboxylic acid groups (broad SMARTS) is 1. The van der Waals surface area contributed by atoms with Crippen molar-refractivity contribution in [2.24, 2.45) is 0 Å². The second kappa shape index (κ2) is 5.69. The summed E-state index contributed by atoms with van der Waals surface area (Å²) >= 11 is 0. The SMILES string of the molecule is CC(=O)NCCNc1cccnc1C(=O)O. The van der Waals surface area contributed by atoms with Crippen LogP contribution in [-0.4, -0.2) is 35.1 Å². The van der Waals surface area contributed by atoms with E-state index in [1.165, 1.54) is 13.1 Å². The van der Waals surface area contributed by atoms with Gasteiger partial charge in [0, 0.05) is 26.2 Å². The molecule has 1 rings (SSSR count). The molecule has 0 spiro atoms. The highest BCUT2D eigenvalue weighted by Crippen LogP contribution is 2.10. The first kappa shape index (κ1) is 12.0. The fraction of sp³-hybridized carbons (Fsp3) is 0.300. The van der Waals surface area contributed by atoms with Gasteiger partial charge in [-0.1, -0.05) is 0 Å². The fourth-order valence-corrected chi connectivity index (χ4v) is 1.15. The first-order valence-corrected chi connectivity index (χ1v) is 4.78. The summed E-state index contributed by atoms with van der Waals surface area (Å²) in [6, 6.07) is 3.28. The van der Waals surface area contributed by atoms with Crippen molar-refractivity contribution in [3.63, 3.8) is 0 Å².